The van der Waals surface area contributed by atoms with Crippen LogP contribution in [0.25, 0.3) is 11.0 Å². The zero-order valence-corrected chi connectivity index (χ0v) is 21.8. The van der Waals surface area contributed by atoms with Crippen LogP contribution in [0.2, 0.25) is 5.02 Å². The third-order valence-corrected chi connectivity index (χ3v) is 9.04. The summed E-state index contributed by atoms with van der Waals surface area (Å²) in [6.07, 6.45) is 12.6. The molecule has 1 N–H and O–H groups in total. The Labute approximate surface area is 214 Å². The topological polar surface area (TPSA) is 67.6 Å². The molecule has 2 heterocycles. The first-order valence-corrected chi connectivity index (χ1v) is 14.0. The van der Waals surface area contributed by atoms with Gasteiger partial charge in [0, 0.05) is 42.0 Å². The normalized spacial score (nSPS) is 28.5. The maximum atomic E-state index is 12.5. The van der Waals surface area contributed by atoms with E-state index in [1.54, 1.807) is 7.11 Å². The van der Waals surface area contributed by atoms with Crippen LogP contribution in [0.4, 0.5) is 0 Å². The largest absolute Gasteiger partial charge is 0.381 e. The molecule has 0 bridgehead atoms. The van der Waals surface area contributed by atoms with Crippen LogP contribution >= 0.6 is 11.6 Å². The molecule has 3 fully saturated rings. The van der Waals surface area contributed by atoms with Gasteiger partial charge in [0.15, 0.2) is 5.58 Å². The number of methoxy groups -OCH3 is 1. The molecule has 6 nitrogen and oxygen atoms in total. The summed E-state index contributed by atoms with van der Waals surface area (Å²) in [4.78, 5) is 15.1. The molecule has 1 aliphatic heterocycles. The number of amides is 1. The summed E-state index contributed by atoms with van der Waals surface area (Å²) in [5.74, 6) is 2.02. The summed E-state index contributed by atoms with van der Waals surface area (Å²) in [6, 6.07) is 6.20. The van der Waals surface area contributed by atoms with Crippen molar-refractivity contribution < 1.29 is 14.1 Å². The Bertz CT molecular complexity index is 979. The second kappa shape index (κ2) is 11.6. The number of carbonyl (C=O) groups is 1. The van der Waals surface area contributed by atoms with Gasteiger partial charge < -0.3 is 19.5 Å². The highest BCUT2D eigenvalue weighted by molar-refractivity contribution is 6.31. The average molecular weight is 502 g/mol. The lowest BCUT2D eigenvalue weighted by molar-refractivity contribution is -0.123. The van der Waals surface area contributed by atoms with Gasteiger partial charge in [-0.1, -0.05) is 16.8 Å². The molecule has 2 atom stereocenters. The number of aromatic nitrogens is 1. The van der Waals surface area contributed by atoms with Crippen molar-refractivity contribution in [2.45, 2.75) is 88.7 Å². The molecule has 0 spiro atoms. The number of piperidine rings is 1. The van der Waals surface area contributed by atoms with Gasteiger partial charge in [-0.15, -0.1) is 0 Å². The Kier molecular flexibility index (Phi) is 8.31. The highest BCUT2D eigenvalue weighted by atomic mass is 35.5. The molecule has 1 saturated heterocycles. The average Bonchev–Trinajstić information content (AvgIpc) is 3.50. The van der Waals surface area contributed by atoms with E-state index in [1.165, 1.54) is 25.8 Å². The standard InChI is InChI=1S/C28H40ClN3O3/c1-34-24-8-4-20(16-24)17-27(33)30-23-6-2-19(3-7-23)10-13-32-14-11-21(12-15-32)28-25-9-5-22(29)18-26(25)35-31-28/h5,9,18-21,23-24H,2-4,6-8,10-17H2,1H3,(H,30,33)/t19-,20-,23-,24-/m0/s1. The van der Waals surface area contributed by atoms with E-state index in [0.29, 0.717) is 35.4 Å². The number of nitrogens with zero attached hydrogens (tertiary/aromatic N) is 2. The number of hydrogen-bond donors (Lipinski definition) is 1. The second-order valence-electron chi connectivity index (χ2n) is 11.1. The van der Waals surface area contributed by atoms with Crippen molar-refractivity contribution in [3.8, 4) is 0 Å². The van der Waals surface area contributed by atoms with E-state index in [0.717, 1.165) is 80.6 Å². The summed E-state index contributed by atoms with van der Waals surface area (Å²) >= 11 is 6.08. The van der Waals surface area contributed by atoms with Crippen LogP contribution in [0.1, 0.15) is 82.2 Å². The maximum absolute atomic E-state index is 12.5. The highest BCUT2D eigenvalue weighted by Gasteiger charge is 2.29. The molecule has 5 rings (SSSR count). The Hall–Kier alpha value is -1.63. The van der Waals surface area contributed by atoms with Gasteiger partial charge in [-0.05, 0) is 108 Å². The molecule has 1 aromatic heterocycles. The Morgan fingerprint density at radius 3 is 2.63 bits per heavy atom. The summed E-state index contributed by atoms with van der Waals surface area (Å²) < 4.78 is 11.0. The molecule has 0 unspecified atom stereocenters. The van der Waals surface area contributed by atoms with Gasteiger partial charge >= 0.3 is 0 Å². The Morgan fingerprint density at radius 1 is 1.11 bits per heavy atom. The number of halogens is 1. The summed E-state index contributed by atoms with van der Waals surface area (Å²) in [6.45, 7) is 3.44. The molecule has 2 aliphatic carbocycles. The smallest absolute Gasteiger partial charge is 0.220 e. The van der Waals surface area contributed by atoms with E-state index in [-0.39, 0.29) is 5.91 Å². The molecule has 35 heavy (non-hydrogen) atoms. The third kappa shape index (κ3) is 6.39. The van der Waals surface area contributed by atoms with Crippen LogP contribution in [0.5, 0.6) is 0 Å². The number of rotatable bonds is 8. The van der Waals surface area contributed by atoms with Crippen molar-refractivity contribution in [3.63, 3.8) is 0 Å². The van der Waals surface area contributed by atoms with Crippen molar-refractivity contribution in [1.82, 2.24) is 15.4 Å². The van der Waals surface area contributed by atoms with Crippen LogP contribution in [-0.2, 0) is 9.53 Å². The van der Waals surface area contributed by atoms with Crippen LogP contribution in [0, 0.1) is 11.8 Å². The number of benzene rings is 1. The highest BCUT2D eigenvalue weighted by Crippen LogP contribution is 2.34. The van der Waals surface area contributed by atoms with Crippen molar-refractivity contribution in [1.29, 1.82) is 0 Å². The minimum absolute atomic E-state index is 0.251. The number of fused-ring (bicyclic) bond motifs is 1. The lowest BCUT2D eigenvalue weighted by Gasteiger charge is -2.34. The van der Waals surface area contributed by atoms with Crippen molar-refractivity contribution in [2.24, 2.45) is 11.8 Å². The molecular weight excluding hydrogens is 462 g/mol. The van der Waals surface area contributed by atoms with E-state index in [4.69, 9.17) is 20.9 Å². The minimum Gasteiger partial charge on any atom is -0.381 e. The minimum atomic E-state index is 0.251. The zero-order valence-electron chi connectivity index (χ0n) is 21.0. The lowest BCUT2D eigenvalue weighted by atomic mass is 9.83. The number of nitrogens with one attached hydrogen (secondary N) is 1. The van der Waals surface area contributed by atoms with Gasteiger partial charge in [-0.2, -0.15) is 0 Å². The van der Waals surface area contributed by atoms with Gasteiger partial charge in [0.25, 0.3) is 0 Å². The van der Waals surface area contributed by atoms with Gasteiger partial charge in [-0.3, -0.25) is 4.79 Å². The molecule has 1 amide bonds. The van der Waals surface area contributed by atoms with Crippen LogP contribution in [-0.4, -0.2) is 54.9 Å². The van der Waals surface area contributed by atoms with Crippen LogP contribution in [0.15, 0.2) is 22.7 Å². The summed E-state index contributed by atoms with van der Waals surface area (Å²) in [5.41, 5.74) is 1.89. The molecular formula is C28H40ClN3O3. The van der Waals surface area contributed by atoms with Gasteiger partial charge in [-0.25, -0.2) is 0 Å². The van der Waals surface area contributed by atoms with E-state index in [1.807, 2.05) is 18.2 Å². The number of hydrogen-bond acceptors (Lipinski definition) is 5. The Morgan fingerprint density at radius 2 is 1.89 bits per heavy atom. The van der Waals surface area contributed by atoms with Gasteiger partial charge in [0.05, 0.1) is 11.8 Å². The number of ether oxygens (including phenoxy) is 1. The Balaban J connectivity index is 0.984. The first-order valence-electron chi connectivity index (χ1n) is 13.7. The van der Waals surface area contributed by atoms with E-state index < -0.39 is 0 Å². The van der Waals surface area contributed by atoms with Crippen LogP contribution in [0.3, 0.4) is 0 Å². The molecule has 2 saturated carbocycles. The second-order valence-corrected chi connectivity index (χ2v) is 11.6. The first-order chi connectivity index (χ1) is 17.1. The quantitative estimate of drug-likeness (QED) is 0.485. The summed E-state index contributed by atoms with van der Waals surface area (Å²) in [7, 11) is 1.78. The fourth-order valence-electron chi connectivity index (χ4n) is 6.59. The lowest BCUT2D eigenvalue weighted by Crippen LogP contribution is -2.39. The predicted molar refractivity (Wildman–Crippen MR) is 139 cm³/mol. The molecule has 192 valence electrons. The molecule has 3 aliphatic rings. The van der Waals surface area contributed by atoms with E-state index in [2.05, 4.69) is 15.4 Å². The van der Waals surface area contributed by atoms with E-state index >= 15 is 0 Å². The predicted octanol–water partition coefficient (Wildman–Crippen LogP) is 5.93. The SMILES string of the molecule is CO[C@H]1CC[C@H](CC(=O)N[C@H]2CC[C@H](CCN3CCC(c4noc5cc(Cl)ccc45)CC3)CC2)C1. The van der Waals surface area contributed by atoms with Gasteiger partial charge in [0.2, 0.25) is 5.91 Å². The third-order valence-electron chi connectivity index (χ3n) is 8.80. The van der Waals surface area contributed by atoms with Crippen molar-refractivity contribution >= 4 is 28.5 Å². The fraction of sp³-hybridized carbons (Fsp3) is 0.714. The van der Waals surface area contributed by atoms with Crippen LogP contribution < -0.4 is 5.32 Å². The summed E-state index contributed by atoms with van der Waals surface area (Å²) in [5, 5.41) is 9.51. The molecule has 1 aromatic carbocycles. The van der Waals surface area contributed by atoms with Crippen molar-refractivity contribution in [2.75, 3.05) is 26.7 Å². The fourth-order valence-corrected chi connectivity index (χ4v) is 6.76. The van der Waals surface area contributed by atoms with Crippen molar-refractivity contribution in [3.05, 3.63) is 28.9 Å². The molecule has 0 radical (unpaired) electrons. The molecule has 7 heteroatoms. The maximum Gasteiger partial charge on any atom is 0.220 e. The monoisotopic (exact) mass is 501 g/mol. The first kappa shape index (κ1) is 25.0. The zero-order chi connectivity index (χ0) is 24.2. The van der Waals surface area contributed by atoms with E-state index in [9.17, 15) is 4.79 Å². The number of likely N-dealkylation sites (tertiary alicyclic amines) is 1. The van der Waals surface area contributed by atoms with Gasteiger partial charge in [0.1, 0.15) is 0 Å². The molecule has 2 aromatic rings. The number of carbonyl (C=O) groups excluding carboxylic acids is 1.